The Labute approximate surface area is 134 Å². The number of hydrogen-bond acceptors (Lipinski definition) is 3. The number of benzene rings is 1. The Balaban J connectivity index is 1.68. The summed E-state index contributed by atoms with van der Waals surface area (Å²) in [5, 5.41) is 0.918. The molecule has 0 unspecified atom stereocenters. The van der Waals surface area contributed by atoms with Crippen LogP contribution >= 0.6 is 15.9 Å². The monoisotopic (exact) mass is 345 g/mol. The molecule has 0 N–H and O–H groups in total. The lowest BCUT2D eigenvalue weighted by Crippen LogP contribution is -2.47. The van der Waals surface area contributed by atoms with Crippen molar-refractivity contribution < 1.29 is 0 Å². The van der Waals surface area contributed by atoms with Crippen LogP contribution in [0.25, 0.3) is 0 Å². The first-order valence-electron chi connectivity index (χ1n) is 7.34. The average molecular weight is 346 g/mol. The Morgan fingerprint density at radius 3 is 2.43 bits per heavy atom. The Bertz CT molecular complexity index is 592. The lowest BCUT2D eigenvalue weighted by Gasteiger charge is -2.37. The van der Waals surface area contributed by atoms with Gasteiger partial charge in [-0.25, -0.2) is 4.98 Å². The van der Waals surface area contributed by atoms with E-state index >= 15 is 0 Å². The number of pyridine rings is 1. The highest BCUT2D eigenvalue weighted by Crippen LogP contribution is 2.24. The maximum atomic E-state index is 4.44. The predicted molar refractivity (Wildman–Crippen MR) is 92.5 cm³/mol. The number of aromatic nitrogens is 1. The zero-order chi connectivity index (χ0) is 14.7. The number of rotatable bonds is 3. The minimum absolute atomic E-state index is 0.918. The number of hydrogen-bond donors (Lipinski definition) is 0. The van der Waals surface area contributed by atoms with Gasteiger partial charge in [-0.15, -0.1) is 0 Å². The quantitative estimate of drug-likeness (QED) is 0.792. The van der Waals surface area contributed by atoms with Gasteiger partial charge < -0.3 is 9.80 Å². The highest BCUT2D eigenvalue weighted by atomic mass is 79.9. The minimum Gasteiger partial charge on any atom is -0.368 e. The summed E-state index contributed by atoms with van der Waals surface area (Å²) in [5.41, 5.74) is 4.06. The van der Waals surface area contributed by atoms with Gasteiger partial charge in [0, 0.05) is 43.4 Å². The van der Waals surface area contributed by atoms with Crippen LogP contribution in [0.4, 0.5) is 11.5 Å². The third-order valence-electron chi connectivity index (χ3n) is 4.01. The molecule has 3 nitrogen and oxygen atoms in total. The van der Waals surface area contributed by atoms with Crippen molar-refractivity contribution in [1.82, 2.24) is 4.98 Å². The molecule has 0 amide bonds. The fourth-order valence-electron chi connectivity index (χ4n) is 2.87. The second-order valence-corrected chi connectivity index (χ2v) is 5.98. The second kappa shape index (κ2) is 6.48. The van der Waals surface area contributed by atoms with Crippen LogP contribution in [0.3, 0.4) is 0 Å². The maximum Gasteiger partial charge on any atom is 0.128 e. The molecule has 0 radical (unpaired) electrons. The lowest BCUT2D eigenvalue weighted by atomic mass is 10.1. The van der Waals surface area contributed by atoms with Gasteiger partial charge in [-0.1, -0.05) is 34.1 Å². The van der Waals surface area contributed by atoms with Crippen molar-refractivity contribution >= 4 is 27.4 Å². The number of nitrogens with zero attached hydrogens (tertiary/aromatic N) is 3. The van der Waals surface area contributed by atoms with E-state index in [0.717, 1.165) is 37.3 Å². The van der Waals surface area contributed by atoms with E-state index in [1.165, 1.54) is 16.8 Å². The summed E-state index contributed by atoms with van der Waals surface area (Å²) in [4.78, 5) is 9.28. The van der Waals surface area contributed by atoms with Gasteiger partial charge in [-0.05, 0) is 36.2 Å². The third kappa shape index (κ3) is 3.21. The highest BCUT2D eigenvalue weighted by Gasteiger charge is 2.19. The number of alkyl halides is 1. The molecule has 3 rings (SSSR count). The molecule has 21 heavy (non-hydrogen) atoms. The Kier molecular flexibility index (Phi) is 4.44. The summed E-state index contributed by atoms with van der Waals surface area (Å²) in [7, 11) is 0. The molecule has 1 aliphatic heterocycles. The zero-order valence-corrected chi connectivity index (χ0v) is 13.9. The first-order chi connectivity index (χ1) is 10.3. The fraction of sp³-hybridized carbons (Fsp3) is 0.353. The largest absolute Gasteiger partial charge is 0.368 e. The van der Waals surface area contributed by atoms with Gasteiger partial charge in [0.05, 0.1) is 0 Å². The van der Waals surface area contributed by atoms with Gasteiger partial charge in [0.15, 0.2) is 0 Å². The molecule has 0 bridgehead atoms. The molecule has 0 atom stereocenters. The minimum atomic E-state index is 0.918. The lowest BCUT2D eigenvalue weighted by molar-refractivity contribution is 0.646. The van der Waals surface area contributed by atoms with E-state index in [1.54, 1.807) is 0 Å². The van der Waals surface area contributed by atoms with Crippen LogP contribution in [-0.4, -0.2) is 31.2 Å². The van der Waals surface area contributed by atoms with E-state index < -0.39 is 0 Å². The Hall–Kier alpha value is -1.55. The van der Waals surface area contributed by atoms with E-state index in [9.17, 15) is 0 Å². The Morgan fingerprint density at radius 2 is 1.81 bits per heavy atom. The van der Waals surface area contributed by atoms with Gasteiger partial charge in [-0.2, -0.15) is 0 Å². The van der Waals surface area contributed by atoms with Crippen LogP contribution in [0.5, 0.6) is 0 Å². The van der Waals surface area contributed by atoms with Gasteiger partial charge >= 0.3 is 0 Å². The van der Waals surface area contributed by atoms with E-state index in [4.69, 9.17) is 0 Å². The summed E-state index contributed by atoms with van der Waals surface area (Å²) in [6, 6.07) is 12.8. The number of aryl methyl sites for hydroxylation is 1. The molecule has 1 aromatic carbocycles. The highest BCUT2D eigenvalue weighted by molar-refractivity contribution is 9.08. The van der Waals surface area contributed by atoms with Crippen molar-refractivity contribution in [2.75, 3.05) is 36.0 Å². The van der Waals surface area contributed by atoms with Gasteiger partial charge in [0.25, 0.3) is 0 Å². The topological polar surface area (TPSA) is 19.4 Å². The fourth-order valence-corrected chi connectivity index (χ4v) is 3.22. The summed E-state index contributed by atoms with van der Waals surface area (Å²) >= 11 is 3.52. The second-order valence-electron chi connectivity index (χ2n) is 5.42. The third-order valence-corrected chi connectivity index (χ3v) is 4.66. The molecule has 0 spiro atoms. The predicted octanol–water partition coefficient (Wildman–Crippen LogP) is 3.61. The van der Waals surface area contributed by atoms with Crippen molar-refractivity contribution in [2.45, 2.75) is 12.3 Å². The molecule has 2 heterocycles. The summed E-state index contributed by atoms with van der Waals surface area (Å²) in [6.07, 6.45) is 1.87. The number of anilines is 2. The molecular formula is C17H20BrN3. The normalized spacial score (nSPS) is 15.3. The van der Waals surface area contributed by atoms with Crippen LogP contribution in [0, 0.1) is 6.92 Å². The molecule has 1 aromatic heterocycles. The molecule has 1 aliphatic rings. The Morgan fingerprint density at radius 1 is 1.05 bits per heavy atom. The zero-order valence-electron chi connectivity index (χ0n) is 12.3. The molecule has 4 heteroatoms. The summed E-state index contributed by atoms with van der Waals surface area (Å²) < 4.78 is 0. The van der Waals surface area contributed by atoms with E-state index in [1.807, 2.05) is 12.3 Å². The molecule has 1 saturated heterocycles. The SMILES string of the molecule is Cc1cc(CBr)ccc1N1CCN(c2ccccn2)CC1. The van der Waals surface area contributed by atoms with E-state index in [2.05, 4.69) is 68.0 Å². The average Bonchev–Trinajstić information content (AvgIpc) is 2.56. The first kappa shape index (κ1) is 14.4. The molecular weight excluding hydrogens is 326 g/mol. The summed E-state index contributed by atoms with van der Waals surface area (Å²) in [6.45, 7) is 6.34. The van der Waals surface area contributed by atoms with E-state index in [0.29, 0.717) is 0 Å². The molecule has 2 aromatic rings. The number of piperazine rings is 1. The molecule has 110 valence electrons. The van der Waals surface area contributed by atoms with Crippen molar-refractivity contribution in [3.05, 3.63) is 53.7 Å². The van der Waals surface area contributed by atoms with Gasteiger partial charge in [0.2, 0.25) is 0 Å². The molecule has 0 saturated carbocycles. The van der Waals surface area contributed by atoms with Crippen molar-refractivity contribution in [3.8, 4) is 0 Å². The van der Waals surface area contributed by atoms with Crippen LogP contribution in [0.15, 0.2) is 42.6 Å². The first-order valence-corrected chi connectivity index (χ1v) is 8.46. The number of halogens is 1. The maximum absolute atomic E-state index is 4.44. The van der Waals surface area contributed by atoms with Crippen molar-refractivity contribution in [2.24, 2.45) is 0 Å². The van der Waals surface area contributed by atoms with Gasteiger partial charge in [-0.3, -0.25) is 0 Å². The summed E-state index contributed by atoms with van der Waals surface area (Å²) in [5.74, 6) is 1.09. The van der Waals surface area contributed by atoms with Crippen molar-refractivity contribution in [3.63, 3.8) is 0 Å². The molecule has 0 aliphatic carbocycles. The van der Waals surface area contributed by atoms with Crippen LogP contribution in [0.2, 0.25) is 0 Å². The standard InChI is InChI=1S/C17H20BrN3/c1-14-12-15(13-18)5-6-16(14)20-8-10-21(11-9-20)17-4-2-3-7-19-17/h2-7,12H,8-11,13H2,1H3. The smallest absolute Gasteiger partial charge is 0.128 e. The van der Waals surface area contributed by atoms with Gasteiger partial charge in [0.1, 0.15) is 5.82 Å². The molecule has 1 fully saturated rings. The van der Waals surface area contributed by atoms with Crippen molar-refractivity contribution in [1.29, 1.82) is 0 Å². The van der Waals surface area contributed by atoms with Crippen LogP contribution in [-0.2, 0) is 5.33 Å². The van der Waals surface area contributed by atoms with Crippen LogP contribution in [0.1, 0.15) is 11.1 Å². The van der Waals surface area contributed by atoms with Crippen LogP contribution < -0.4 is 9.80 Å². The van der Waals surface area contributed by atoms with E-state index in [-0.39, 0.29) is 0 Å².